The lowest BCUT2D eigenvalue weighted by molar-refractivity contribution is 0.891. The van der Waals surface area contributed by atoms with Gasteiger partial charge in [0.2, 0.25) is 0 Å². The first-order valence-corrected chi connectivity index (χ1v) is 7.26. The molecular weight excluding hydrogens is 248 g/mol. The summed E-state index contributed by atoms with van der Waals surface area (Å²) in [7, 11) is 0. The smallest absolute Gasteiger partial charge is 0.133 e. The summed E-state index contributed by atoms with van der Waals surface area (Å²) in [6.07, 6.45) is 8.48. The number of pyridine rings is 1. The average Bonchev–Trinajstić information content (AvgIpc) is 2.47. The molecule has 0 fully saturated rings. The van der Waals surface area contributed by atoms with E-state index in [1.165, 1.54) is 5.56 Å². The fourth-order valence-electron chi connectivity index (χ4n) is 2.27. The molecule has 2 aromatic rings. The largest absolute Gasteiger partial charge is 0.370 e. The van der Waals surface area contributed by atoms with Gasteiger partial charge in [-0.2, -0.15) is 0 Å². The fourth-order valence-corrected chi connectivity index (χ4v) is 2.27. The van der Waals surface area contributed by atoms with E-state index in [0.29, 0.717) is 0 Å². The van der Waals surface area contributed by atoms with Crippen LogP contribution in [-0.4, -0.2) is 21.5 Å². The number of anilines is 1. The summed E-state index contributed by atoms with van der Waals surface area (Å²) in [6, 6.07) is 2.03. The molecule has 0 aliphatic heterocycles. The van der Waals surface area contributed by atoms with Gasteiger partial charge in [0.15, 0.2) is 0 Å². The predicted molar refractivity (Wildman–Crippen MR) is 82.8 cm³/mol. The van der Waals surface area contributed by atoms with Crippen molar-refractivity contribution in [1.29, 1.82) is 0 Å². The third kappa shape index (κ3) is 3.13. The molecule has 0 radical (unpaired) electrons. The van der Waals surface area contributed by atoms with E-state index in [-0.39, 0.29) is 0 Å². The lowest BCUT2D eigenvalue weighted by atomic mass is 10.0. The van der Waals surface area contributed by atoms with Gasteiger partial charge in [-0.1, -0.05) is 20.3 Å². The summed E-state index contributed by atoms with van der Waals surface area (Å²) in [5, 5.41) is 3.41. The minimum atomic E-state index is 0.933. The maximum absolute atomic E-state index is 4.52. The number of hydrogen-bond acceptors (Lipinski definition) is 4. The maximum atomic E-state index is 4.52. The zero-order valence-corrected chi connectivity index (χ0v) is 12.5. The monoisotopic (exact) mass is 270 g/mol. The van der Waals surface area contributed by atoms with Gasteiger partial charge in [0.25, 0.3) is 0 Å². The summed E-state index contributed by atoms with van der Waals surface area (Å²) >= 11 is 0. The van der Waals surface area contributed by atoms with Gasteiger partial charge in [0.1, 0.15) is 12.1 Å². The van der Waals surface area contributed by atoms with Crippen LogP contribution in [0, 0.1) is 6.92 Å². The second-order valence-corrected chi connectivity index (χ2v) is 4.92. The summed E-state index contributed by atoms with van der Waals surface area (Å²) in [5.41, 5.74) is 4.52. The quantitative estimate of drug-likeness (QED) is 0.871. The third-order valence-corrected chi connectivity index (χ3v) is 3.26. The molecule has 4 nitrogen and oxygen atoms in total. The van der Waals surface area contributed by atoms with E-state index in [4.69, 9.17) is 0 Å². The van der Waals surface area contributed by atoms with Gasteiger partial charge in [-0.25, -0.2) is 9.97 Å². The van der Waals surface area contributed by atoms with E-state index in [1.807, 2.05) is 18.5 Å². The normalized spacial score (nSPS) is 10.6. The molecule has 0 bridgehead atoms. The molecule has 2 rings (SSSR count). The van der Waals surface area contributed by atoms with Crippen molar-refractivity contribution in [2.75, 3.05) is 11.9 Å². The molecule has 2 aromatic heterocycles. The Balaban J connectivity index is 2.49. The minimum absolute atomic E-state index is 0.933. The van der Waals surface area contributed by atoms with Crippen LogP contribution in [0.1, 0.15) is 37.8 Å². The molecule has 0 unspecified atom stereocenters. The Morgan fingerprint density at radius 2 is 2.00 bits per heavy atom. The Bertz CT molecular complexity index is 566. The number of aryl methyl sites for hydroxylation is 1. The van der Waals surface area contributed by atoms with E-state index >= 15 is 0 Å². The standard InChI is InChI=1S/C16H22N4/c1-4-6-14-15(13-7-9-17-10-12(13)3)19-11-20-16(14)18-8-5-2/h7,9-11H,4-6,8H2,1-3H3,(H,18,19,20). The molecule has 0 aliphatic carbocycles. The van der Waals surface area contributed by atoms with Crippen LogP contribution in [0.15, 0.2) is 24.8 Å². The number of nitrogens with zero attached hydrogens (tertiary/aromatic N) is 3. The highest BCUT2D eigenvalue weighted by Gasteiger charge is 2.13. The molecule has 0 spiro atoms. The van der Waals surface area contributed by atoms with E-state index in [0.717, 1.165) is 48.4 Å². The highest BCUT2D eigenvalue weighted by molar-refractivity contribution is 5.70. The molecule has 0 aromatic carbocycles. The van der Waals surface area contributed by atoms with Crippen LogP contribution in [-0.2, 0) is 6.42 Å². The lowest BCUT2D eigenvalue weighted by Gasteiger charge is -2.14. The van der Waals surface area contributed by atoms with Crippen molar-refractivity contribution in [1.82, 2.24) is 15.0 Å². The maximum Gasteiger partial charge on any atom is 0.133 e. The van der Waals surface area contributed by atoms with E-state index < -0.39 is 0 Å². The molecule has 0 amide bonds. The van der Waals surface area contributed by atoms with Crippen molar-refractivity contribution in [3.05, 3.63) is 35.9 Å². The molecular formula is C16H22N4. The zero-order valence-electron chi connectivity index (χ0n) is 12.5. The highest BCUT2D eigenvalue weighted by atomic mass is 15.0. The second-order valence-electron chi connectivity index (χ2n) is 4.92. The van der Waals surface area contributed by atoms with Crippen molar-refractivity contribution >= 4 is 5.82 Å². The highest BCUT2D eigenvalue weighted by Crippen LogP contribution is 2.28. The van der Waals surface area contributed by atoms with Crippen molar-refractivity contribution < 1.29 is 0 Å². The molecule has 0 aliphatic rings. The van der Waals surface area contributed by atoms with Gasteiger partial charge in [-0.15, -0.1) is 0 Å². The van der Waals surface area contributed by atoms with Crippen molar-refractivity contribution in [3.63, 3.8) is 0 Å². The molecule has 20 heavy (non-hydrogen) atoms. The van der Waals surface area contributed by atoms with Crippen LogP contribution in [0.5, 0.6) is 0 Å². The summed E-state index contributed by atoms with van der Waals surface area (Å²) in [4.78, 5) is 13.1. The number of aromatic nitrogens is 3. The molecule has 4 heteroatoms. The van der Waals surface area contributed by atoms with Gasteiger partial charge in [-0.05, 0) is 31.4 Å². The molecule has 0 saturated heterocycles. The summed E-state index contributed by atoms with van der Waals surface area (Å²) in [6.45, 7) is 7.34. The molecule has 2 heterocycles. The van der Waals surface area contributed by atoms with Gasteiger partial charge in [-0.3, -0.25) is 4.98 Å². The Morgan fingerprint density at radius 1 is 1.15 bits per heavy atom. The van der Waals surface area contributed by atoms with Gasteiger partial charge >= 0.3 is 0 Å². The first-order chi connectivity index (χ1) is 9.77. The zero-order chi connectivity index (χ0) is 14.4. The van der Waals surface area contributed by atoms with Crippen LogP contribution in [0.25, 0.3) is 11.3 Å². The van der Waals surface area contributed by atoms with Gasteiger partial charge in [0.05, 0.1) is 5.69 Å². The summed E-state index contributed by atoms with van der Waals surface area (Å²) < 4.78 is 0. The Hall–Kier alpha value is -1.97. The first-order valence-electron chi connectivity index (χ1n) is 7.26. The van der Waals surface area contributed by atoms with Crippen molar-refractivity contribution in [2.24, 2.45) is 0 Å². The third-order valence-electron chi connectivity index (χ3n) is 3.26. The second kappa shape index (κ2) is 6.98. The summed E-state index contributed by atoms with van der Waals surface area (Å²) in [5.74, 6) is 0.968. The first kappa shape index (κ1) is 14.4. The average molecular weight is 270 g/mol. The van der Waals surface area contributed by atoms with Crippen LogP contribution in [0.3, 0.4) is 0 Å². The SMILES string of the molecule is CCCNc1ncnc(-c2ccncc2C)c1CCC. The minimum Gasteiger partial charge on any atom is -0.370 e. The van der Waals surface area contributed by atoms with Crippen LogP contribution < -0.4 is 5.32 Å². The topological polar surface area (TPSA) is 50.7 Å². The molecule has 1 N–H and O–H groups in total. The van der Waals surface area contributed by atoms with E-state index in [9.17, 15) is 0 Å². The number of rotatable bonds is 6. The Kier molecular flexibility index (Phi) is 5.04. The predicted octanol–water partition coefficient (Wildman–Crippen LogP) is 3.62. The van der Waals surface area contributed by atoms with E-state index in [2.05, 4.69) is 41.0 Å². The van der Waals surface area contributed by atoms with Gasteiger partial charge < -0.3 is 5.32 Å². The van der Waals surface area contributed by atoms with Gasteiger partial charge in [0, 0.05) is 30.1 Å². The molecule has 0 atom stereocenters. The lowest BCUT2D eigenvalue weighted by Crippen LogP contribution is -2.08. The fraction of sp³-hybridized carbons (Fsp3) is 0.438. The van der Waals surface area contributed by atoms with E-state index in [1.54, 1.807) is 6.33 Å². The molecule has 106 valence electrons. The van der Waals surface area contributed by atoms with Crippen molar-refractivity contribution in [2.45, 2.75) is 40.0 Å². The van der Waals surface area contributed by atoms with Crippen molar-refractivity contribution in [3.8, 4) is 11.3 Å². The Morgan fingerprint density at radius 3 is 2.70 bits per heavy atom. The van der Waals surface area contributed by atoms with Crippen LogP contribution in [0.4, 0.5) is 5.82 Å². The number of hydrogen-bond donors (Lipinski definition) is 1. The van der Waals surface area contributed by atoms with Crippen LogP contribution >= 0.6 is 0 Å². The Labute approximate surface area is 120 Å². The number of nitrogens with one attached hydrogen (secondary N) is 1. The van der Waals surface area contributed by atoms with Crippen LogP contribution in [0.2, 0.25) is 0 Å². The molecule has 0 saturated carbocycles.